The van der Waals surface area contributed by atoms with Gasteiger partial charge in [-0.2, -0.15) is 0 Å². The van der Waals surface area contributed by atoms with E-state index in [1.165, 1.54) is 17.4 Å². The molecule has 0 radical (unpaired) electrons. The van der Waals surface area contributed by atoms with Crippen LogP contribution in [0, 0.1) is 0 Å². The average molecular weight is 310 g/mol. The molecule has 0 amide bonds. The first-order chi connectivity index (χ1) is 9.99. The molecule has 116 valence electrons. The molecule has 0 saturated carbocycles. The number of hydrogen-bond acceptors (Lipinski definition) is 4. The van der Waals surface area contributed by atoms with Gasteiger partial charge in [-0.25, -0.2) is 13.1 Å². The lowest BCUT2D eigenvalue weighted by molar-refractivity contribution is 0.287. The van der Waals surface area contributed by atoms with Crippen LogP contribution in [0.4, 0.5) is 0 Å². The quantitative estimate of drug-likeness (QED) is 0.906. The van der Waals surface area contributed by atoms with Crippen LogP contribution in [0.3, 0.4) is 0 Å². The fourth-order valence-corrected chi connectivity index (χ4v) is 3.94. The van der Waals surface area contributed by atoms with E-state index in [2.05, 4.69) is 27.8 Å². The predicted molar refractivity (Wildman–Crippen MR) is 81.9 cm³/mol. The highest BCUT2D eigenvalue weighted by molar-refractivity contribution is 7.88. The van der Waals surface area contributed by atoms with Gasteiger partial charge in [-0.3, -0.25) is 4.90 Å². The number of nitrogens with zero attached hydrogens (tertiary/aromatic N) is 1. The van der Waals surface area contributed by atoms with Crippen molar-refractivity contribution < 1.29 is 13.2 Å². The zero-order valence-corrected chi connectivity index (χ0v) is 13.2. The zero-order chi connectivity index (χ0) is 14.9. The monoisotopic (exact) mass is 310 g/mol. The van der Waals surface area contributed by atoms with Gasteiger partial charge in [0.15, 0.2) is 0 Å². The standard InChI is InChI=1S/C15H22N2O3S/c1-21(18,19)16-14-6-7-17(11-14)10-12-4-5-15-13(9-12)3-2-8-20-15/h4-5,9,14,16H,2-3,6-8,10-11H2,1H3. The van der Waals surface area contributed by atoms with Crippen LogP contribution in [0.25, 0.3) is 0 Å². The van der Waals surface area contributed by atoms with Crippen LogP contribution in [-0.4, -0.2) is 45.3 Å². The number of hydrogen-bond donors (Lipinski definition) is 1. The molecule has 1 atom stereocenters. The second-order valence-electron chi connectivity index (χ2n) is 6.00. The Morgan fingerprint density at radius 2 is 2.29 bits per heavy atom. The molecule has 1 unspecified atom stereocenters. The van der Waals surface area contributed by atoms with E-state index in [1.807, 2.05) is 0 Å². The van der Waals surface area contributed by atoms with E-state index in [1.54, 1.807) is 0 Å². The van der Waals surface area contributed by atoms with Crippen molar-refractivity contribution in [3.8, 4) is 5.75 Å². The van der Waals surface area contributed by atoms with Crippen LogP contribution < -0.4 is 9.46 Å². The minimum absolute atomic E-state index is 0.0426. The highest BCUT2D eigenvalue weighted by Gasteiger charge is 2.24. The maximum atomic E-state index is 11.3. The Morgan fingerprint density at radius 3 is 3.10 bits per heavy atom. The third-order valence-corrected chi connectivity index (χ3v) is 4.79. The van der Waals surface area contributed by atoms with Crippen molar-refractivity contribution in [1.82, 2.24) is 9.62 Å². The van der Waals surface area contributed by atoms with Gasteiger partial charge in [0, 0.05) is 25.7 Å². The Kier molecular flexibility index (Phi) is 4.19. The zero-order valence-electron chi connectivity index (χ0n) is 12.3. The van der Waals surface area contributed by atoms with E-state index in [0.717, 1.165) is 51.3 Å². The smallest absolute Gasteiger partial charge is 0.208 e. The molecule has 0 bridgehead atoms. The van der Waals surface area contributed by atoms with Crippen LogP contribution in [0.2, 0.25) is 0 Å². The Morgan fingerprint density at radius 1 is 1.43 bits per heavy atom. The number of sulfonamides is 1. The van der Waals surface area contributed by atoms with Gasteiger partial charge in [0.05, 0.1) is 12.9 Å². The lowest BCUT2D eigenvalue weighted by atomic mass is 10.0. The molecule has 1 fully saturated rings. The number of likely N-dealkylation sites (tertiary alicyclic amines) is 1. The van der Waals surface area contributed by atoms with Crippen molar-refractivity contribution in [2.75, 3.05) is 26.0 Å². The van der Waals surface area contributed by atoms with Crippen LogP contribution in [0.15, 0.2) is 18.2 Å². The summed E-state index contributed by atoms with van der Waals surface area (Å²) in [6.45, 7) is 3.40. The van der Waals surface area contributed by atoms with Gasteiger partial charge in [-0.15, -0.1) is 0 Å². The first-order valence-electron chi connectivity index (χ1n) is 7.44. The van der Waals surface area contributed by atoms with Crippen molar-refractivity contribution in [2.24, 2.45) is 0 Å². The molecule has 2 aliphatic rings. The molecule has 6 heteroatoms. The van der Waals surface area contributed by atoms with Gasteiger partial charge < -0.3 is 4.74 Å². The maximum absolute atomic E-state index is 11.3. The molecule has 1 N–H and O–H groups in total. The predicted octanol–water partition coefficient (Wildman–Crippen LogP) is 1.14. The summed E-state index contributed by atoms with van der Waals surface area (Å²) in [6.07, 6.45) is 4.27. The van der Waals surface area contributed by atoms with Crippen LogP contribution in [0.5, 0.6) is 5.75 Å². The summed E-state index contributed by atoms with van der Waals surface area (Å²) >= 11 is 0. The molecule has 1 aromatic rings. The molecule has 0 spiro atoms. The molecule has 2 aliphatic heterocycles. The second-order valence-corrected chi connectivity index (χ2v) is 7.78. The topological polar surface area (TPSA) is 58.6 Å². The molecule has 0 aliphatic carbocycles. The van der Waals surface area contributed by atoms with Crippen molar-refractivity contribution in [3.05, 3.63) is 29.3 Å². The van der Waals surface area contributed by atoms with Gasteiger partial charge in [0.25, 0.3) is 0 Å². The van der Waals surface area contributed by atoms with Gasteiger partial charge in [0.2, 0.25) is 10.0 Å². The Balaban J connectivity index is 1.60. The fraction of sp³-hybridized carbons (Fsp3) is 0.600. The van der Waals surface area contributed by atoms with E-state index >= 15 is 0 Å². The highest BCUT2D eigenvalue weighted by Crippen LogP contribution is 2.26. The molecule has 21 heavy (non-hydrogen) atoms. The molecular weight excluding hydrogens is 288 g/mol. The van der Waals surface area contributed by atoms with Crippen LogP contribution in [-0.2, 0) is 23.0 Å². The Labute approximate surface area is 126 Å². The normalized spacial score (nSPS) is 22.8. The first kappa shape index (κ1) is 14.8. The van der Waals surface area contributed by atoms with Gasteiger partial charge in [-0.05, 0) is 36.5 Å². The molecule has 1 saturated heterocycles. The summed E-state index contributed by atoms with van der Waals surface area (Å²) in [7, 11) is -3.11. The van der Waals surface area contributed by atoms with Gasteiger partial charge in [0.1, 0.15) is 5.75 Å². The minimum Gasteiger partial charge on any atom is -0.493 e. The van der Waals surface area contributed by atoms with E-state index in [9.17, 15) is 8.42 Å². The van der Waals surface area contributed by atoms with Crippen molar-refractivity contribution in [2.45, 2.75) is 31.8 Å². The lowest BCUT2D eigenvalue weighted by Gasteiger charge is -2.20. The third kappa shape index (κ3) is 3.96. The summed E-state index contributed by atoms with van der Waals surface area (Å²) in [5.41, 5.74) is 2.57. The number of ether oxygens (including phenoxy) is 1. The number of rotatable bonds is 4. The molecule has 2 heterocycles. The summed E-state index contributed by atoms with van der Waals surface area (Å²) in [4.78, 5) is 2.30. The second kappa shape index (κ2) is 5.94. The summed E-state index contributed by atoms with van der Waals surface area (Å²) in [5.74, 6) is 1.02. The molecule has 5 nitrogen and oxygen atoms in total. The van der Waals surface area contributed by atoms with E-state index in [4.69, 9.17) is 4.74 Å². The number of fused-ring (bicyclic) bond motifs is 1. The van der Waals surface area contributed by atoms with E-state index in [0.29, 0.717) is 0 Å². The van der Waals surface area contributed by atoms with Crippen molar-refractivity contribution in [3.63, 3.8) is 0 Å². The number of nitrogens with one attached hydrogen (secondary N) is 1. The summed E-state index contributed by atoms with van der Waals surface area (Å²) < 4.78 is 30.9. The van der Waals surface area contributed by atoms with Gasteiger partial charge >= 0.3 is 0 Å². The maximum Gasteiger partial charge on any atom is 0.208 e. The van der Waals surface area contributed by atoms with Crippen LogP contribution in [0.1, 0.15) is 24.0 Å². The Bertz CT molecular complexity index is 615. The third-order valence-electron chi connectivity index (χ3n) is 4.03. The number of aryl methyl sites for hydroxylation is 1. The van der Waals surface area contributed by atoms with Crippen LogP contribution >= 0.6 is 0 Å². The SMILES string of the molecule is CS(=O)(=O)NC1CCN(Cc2ccc3c(c2)CCCO3)C1. The first-order valence-corrected chi connectivity index (χ1v) is 9.33. The summed E-state index contributed by atoms with van der Waals surface area (Å²) in [5, 5.41) is 0. The minimum atomic E-state index is -3.11. The van der Waals surface area contributed by atoms with E-state index < -0.39 is 10.0 Å². The van der Waals surface area contributed by atoms with E-state index in [-0.39, 0.29) is 6.04 Å². The fourth-order valence-electron chi connectivity index (χ4n) is 3.15. The average Bonchev–Trinajstić information content (AvgIpc) is 2.83. The Hall–Kier alpha value is -1.11. The van der Waals surface area contributed by atoms with Crippen molar-refractivity contribution >= 4 is 10.0 Å². The molecular formula is C15H22N2O3S. The summed E-state index contributed by atoms with van der Waals surface area (Å²) in [6, 6.07) is 6.44. The van der Waals surface area contributed by atoms with Gasteiger partial charge in [-0.1, -0.05) is 12.1 Å². The molecule has 1 aromatic carbocycles. The lowest BCUT2D eigenvalue weighted by Crippen LogP contribution is -2.36. The number of benzene rings is 1. The molecule has 0 aromatic heterocycles. The highest BCUT2D eigenvalue weighted by atomic mass is 32.2. The molecule has 3 rings (SSSR count). The largest absolute Gasteiger partial charge is 0.493 e. The van der Waals surface area contributed by atoms with Crippen molar-refractivity contribution in [1.29, 1.82) is 0 Å².